The van der Waals surface area contributed by atoms with Gasteiger partial charge in [-0.15, -0.1) is 0 Å². The van der Waals surface area contributed by atoms with E-state index >= 15 is 0 Å². The number of pyridine rings is 1. The third-order valence-corrected chi connectivity index (χ3v) is 5.26. The van der Waals surface area contributed by atoms with Crippen LogP contribution in [-0.2, 0) is 0 Å². The zero-order valence-corrected chi connectivity index (χ0v) is 14.5. The maximum Gasteiger partial charge on any atom is 0.119 e. The molecule has 2 heterocycles. The van der Waals surface area contributed by atoms with Crippen LogP contribution < -0.4 is 9.64 Å². The van der Waals surface area contributed by atoms with Crippen molar-refractivity contribution in [1.82, 2.24) is 9.88 Å². The highest BCUT2D eigenvalue weighted by Gasteiger charge is 2.27. The smallest absolute Gasteiger partial charge is 0.119 e. The predicted molar refractivity (Wildman–Crippen MR) is 100 cm³/mol. The number of hydrogen-bond donors (Lipinski definition) is 0. The molecule has 1 aliphatic carbocycles. The van der Waals surface area contributed by atoms with Crippen molar-refractivity contribution in [3.05, 3.63) is 67.3 Å². The highest BCUT2D eigenvalue weighted by atomic mass is 16.5. The number of nitrogens with zero attached hydrogens (tertiary/aromatic N) is 3. The van der Waals surface area contributed by atoms with Crippen molar-refractivity contribution in [2.75, 3.05) is 18.2 Å². The van der Waals surface area contributed by atoms with Crippen LogP contribution in [0.3, 0.4) is 0 Å². The second-order valence-corrected chi connectivity index (χ2v) is 6.93. The molecule has 4 nitrogen and oxygen atoms in total. The van der Waals surface area contributed by atoms with Gasteiger partial charge in [0.25, 0.3) is 0 Å². The molecule has 0 spiro atoms. The van der Waals surface area contributed by atoms with Crippen LogP contribution in [0.2, 0.25) is 0 Å². The molecule has 4 heteroatoms. The van der Waals surface area contributed by atoms with E-state index in [1.54, 1.807) is 0 Å². The van der Waals surface area contributed by atoms with Crippen molar-refractivity contribution in [1.29, 1.82) is 0 Å². The van der Waals surface area contributed by atoms with Gasteiger partial charge in [-0.3, -0.25) is 4.98 Å². The zero-order chi connectivity index (χ0) is 16.9. The lowest BCUT2D eigenvalue weighted by Gasteiger charge is -2.35. The second-order valence-electron chi connectivity index (χ2n) is 6.93. The Morgan fingerprint density at radius 2 is 1.68 bits per heavy atom. The van der Waals surface area contributed by atoms with Gasteiger partial charge in [0.15, 0.2) is 0 Å². The Balaban J connectivity index is 1.23. The average Bonchev–Trinajstić information content (AvgIpc) is 3.19. The van der Waals surface area contributed by atoms with Gasteiger partial charge < -0.3 is 14.5 Å². The van der Waals surface area contributed by atoms with Crippen LogP contribution in [0.25, 0.3) is 0 Å². The fraction of sp³-hybridized carbons (Fsp3) is 0.381. The summed E-state index contributed by atoms with van der Waals surface area (Å²) in [4.78, 5) is 8.86. The molecular weight excluding hydrogens is 310 g/mol. The molecule has 0 saturated heterocycles. The van der Waals surface area contributed by atoms with E-state index in [0.717, 1.165) is 19.0 Å². The van der Waals surface area contributed by atoms with Crippen LogP contribution in [0.1, 0.15) is 25.7 Å². The summed E-state index contributed by atoms with van der Waals surface area (Å²) in [5.41, 5.74) is 1.21. The minimum Gasteiger partial charge on any atom is -0.493 e. The molecule has 1 aliphatic heterocycles. The average molecular weight is 335 g/mol. The standard InChI is InChI=1S/C21H25N3O/c1-2-4-21(5-3-1)25-16-18-6-8-19(9-7-18)23-14-15-24(17-23)20-10-12-22-13-11-20/h1-5,10-15,18-19H,6-9,16-17H2. The number of ether oxygens (including phenoxy) is 1. The van der Waals surface area contributed by atoms with E-state index in [2.05, 4.69) is 39.3 Å². The molecule has 2 aliphatic rings. The van der Waals surface area contributed by atoms with Crippen molar-refractivity contribution < 1.29 is 4.74 Å². The van der Waals surface area contributed by atoms with Gasteiger partial charge in [0.05, 0.1) is 13.3 Å². The Kier molecular flexibility index (Phi) is 4.86. The van der Waals surface area contributed by atoms with E-state index in [1.807, 2.05) is 42.7 Å². The van der Waals surface area contributed by atoms with E-state index in [4.69, 9.17) is 4.74 Å². The van der Waals surface area contributed by atoms with Gasteiger partial charge in [0.1, 0.15) is 5.75 Å². The number of benzene rings is 1. The normalized spacial score (nSPS) is 23.0. The molecule has 0 N–H and O–H groups in total. The first kappa shape index (κ1) is 16.0. The Morgan fingerprint density at radius 1 is 0.920 bits per heavy atom. The molecule has 0 amide bonds. The quantitative estimate of drug-likeness (QED) is 0.816. The van der Waals surface area contributed by atoms with Gasteiger partial charge in [0, 0.05) is 36.5 Å². The van der Waals surface area contributed by atoms with Gasteiger partial charge in [-0.25, -0.2) is 0 Å². The van der Waals surface area contributed by atoms with Crippen LogP contribution in [0, 0.1) is 5.92 Å². The van der Waals surface area contributed by atoms with E-state index in [1.165, 1.54) is 31.4 Å². The molecule has 0 radical (unpaired) electrons. The molecule has 1 aromatic heterocycles. The Bertz CT molecular complexity index is 681. The first-order valence-corrected chi connectivity index (χ1v) is 9.17. The lowest BCUT2D eigenvalue weighted by molar-refractivity contribution is 0.153. The van der Waals surface area contributed by atoms with E-state index in [9.17, 15) is 0 Å². The largest absolute Gasteiger partial charge is 0.493 e. The number of para-hydroxylation sites is 1. The summed E-state index contributed by atoms with van der Waals surface area (Å²) < 4.78 is 5.94. The summed E-state index contributed by atoms with van der Waals surface area (Å²) in [6.07, 6.45) is 13.1. The lowest BCUT2D eigenvalue weighted by Crippen LogP contribution is -2.37. The third kappa shape index (κ3) is 3.95. The first-order chi connectivity index (χ1) is 12.4. The SMILES string of the molecule is C1=CN(C2CCC(COc3ccccc3)CC2)CN1c1ccncc1. The lowest BCUT2D eigenvalue weighted by atomic mass is 9.86. The molecule has 1 aromatic carbocycles. The van der Waals surface area contributed by atoms with Gasteiger partial charge >= 0.3 is 0 Å². The Morgan fingerprint density at radius 3 is 2.44 bits per heavy atom. The minimum absolute atomic E-state index is 0.649. The highest BCUT2D eigenvalue weighted by Crippen LogP contribution is 2.30. The van der Waals surface area contributed by atoms with E-state index in [0.29, 0.717) is 12.0 Å². The van der Waals surface area contributed by atoms with Crippen molar-refractivity contribution in [3.63, 3.8) is 0 Å². The van der Waals surface area contributed by atoms with Crippen molar-refractivity contribution in [2.45, 2.75) is 31.7 Å². The number of hydrogen-bond acceptors (Lipinski definition) is 4. The minimum atomic E-state index is 0.649. The molecule has 1 fully saturated rings. The van der Waals surface area contributed by atoms with E-state index < -0.39 is 0 Å². The summed E-state index contributed by atoms with van der Waals surface area (Å²) in [5, 5.41) is 0. The Labute approximate surface area is 149 Å². The number of rotatable bonds is 5. The summed E-state index contributed by atoms with van der Waals surface area (Å²) in [7, 11) is 0. The van der Waals surface area contributed by atoms with Gasteiger partial charge in [-0.05, 0) is 55.9 Å². The predicted octanol–water partition coefficient (Wildman–Crippen LogP) is 4.27. The van der Waals surface area contributed by atoms with E-state index in [-0.39, 0.29) is 0 Å². The number of aromatic nitrogens is 1. The van der Waals surface area contributed by atoms with Gasteiger partial charge in [-0.1, -0.05) is 18.2 Å². The second kappa shape index (κ2) is 7.60. The van der Waals surface area contributed by atoms with Crippen LogP contribution in [0.4, 0.5) is 5.69 Å². The fourth-order valence-corrected chi connectivity index (χ4v) is 3.75. The van der Waals surface area contributed by atoms with Crippen molar-refractivity contribution in [2.24, 2.45) is 5.92 Å². The molecule has 4 rings (SSSR count). The molecule has 0 bridgehead atoms. The van der Waals surface area contributed by atoms with Crippen molar-refractivity contribution in [3.8, 4) is 5.75 Å². The topological polar surface area (TPSA) is 28.6 Å². The van der Waals surface area contributed by atoms with Crippen molar-refractivity contribution >= 4 is 5.69 Å². The van der Waals surface area contributed by atoms with Gasteiger partial charge in [0.2, 0.25) is 0 Å². The first-order valence-electron chi connectivity index (χ1n) is 9.17. The molecule has 130 valence electrons. The summed E-state index contributed by atoms with van der Waals surface area (Å²) in [6.45, 7) is 1.79. The van der Waals surface area contributed by atoms with Gasteiger partial charge in [-0.2, -0.15) is 0 Å². The van der Waals surface area contributed by atoms with Crippen LogP contribution in [0.5, 0.6) is 5.75 Å². The Hall–Kier alpha value is -2.49. The fourth-order valence-electron chi connectivity index (χ4n) is 3.75. The maximum absolute atomic E-state index is 5.94. The molecule has 0 atom stereocenters. The van der Waals surface area contributed by atoms with Crippen LogP contribution >= 0.6 is 0 Å². The monoisotopic (exact) mass is 335 g/mol. The highest BCUT2D eigenvalue weighted by molar-refractivity contribution is 5.48. The summed E-state index contributed by atoms with van der Waals surface area (Å²) >= 11 is 0. The molecule has 0 unspecified atom stereocenters. The third-order valence-electron chi connectivity index (χ3n) is 5.26. The molecule has 1 saturated carbocycles. The zero-order valence-electron chi connectivity index (χ0n) is 14.5. The maximum atomic E-state index is 5.94. The molecule has 2 aromatic rings. The molecule has 25 heavy (non-hydrogen) atoms. The van der Waals surface area contributed by atoms with Crippen LogP contribution in [0.15, 0.2) is 67.3 Å². The van der Waals surface area contributed by atoms with Crippen LogP contribution in [-0.4, -0.2) is 29.2 Å². The summed E-state index contributed by atoms with van der Waals surface area (Å²) in [6, 6.07) is 14.9. The number of anilines is 1. The summed E-state index contributed by atoms with van der Waals surface area (Å²) in [5.74, 6) is 1.67. The molecular formula is C21H25N3O.